The second kappa shape index (κ2) is 14.4. The van der Waals surface area contributed by atoms with Crippen molar-refractivity contribution in [1.29, 1.82) is 0 Å². The van der Waals surface area contributed by atoms with Crippen LogP contribution in [0.4, 0.5) is 0 Å². The smallest absolute Gasteiger partial charge is 0.327 e. The van der Waals surface area contributed by atoms with E-state index in [4.69, 9.17) is 16.6 Å². The lowest BCUT2D eigenvalue weighted by atomic mass is 10.0. The van der Waals surface area contributed by atoms with E-state index in [9.17, 15) is 24.0 Å². The van der Waals surface area contributed by atoms with Crippen LogP contribution in [0.1, 0.15) is 18.4 Å². The fourth-order valence-corrected chi connectivity index (χ4v) is 3.12. The van der Waals surface area contributed by atoms with Gasteiger partial charge in [-0.3, -0.25) is 19.2 Å². The Hall–Kier alpha value is -2.77. The van der Waals surface area contributed by atoms with Gasteiger partial charge in [-0.25, -0.2) is 4.79 Å². The van der Waals surface area contributed by atoms with E-state index in [0.29, 0.717) is 0 Å². The molecule has 0 saturated heterocycles. The Bertz CT molecular complexity index is 841. The van der Waals surface area contributed by atoms with Crippen LogP contribution in [0.3, 0.4) is 0 Å². The molecule has 0 heterocycles. The Morgan fingerprint density at radius 2 is 1.39 bits per heavy atom. The standard InChI is InChI=1S/C20H29N5O6S2/c21-12(9-32)17(27)24-14(8-11-4-2-1-3-5-11)19(29)23-13(6-7-16(22)26)18(28)25-15(10-33)20(30)31/h1-5,12-15,32-33H,6-10,21H2,(H2,22,26)(H,23,29)(H,24,27)(H,25,28)(H,30,31). The van der Waals surface area contributed by atoms with Gasteiger partial charge in [0.25, 0.3) is 0 Å². The number of thiol groups is 2. The predicted molar refractivity (Wildman–Crippen MR) is 128 cm³/mol. The minimum atomic E-state index is -1.31. The van der Waals surface area contributed by atoms with Crippen LogP contribution in [-0.2, 0) is 30.4 Å². The van der Waals surface area contributed by atoms with Gasteiger partial charge in [-0.1, -0.05) is 30.3 Å². The Morgan fingerprint density at radius 3 is 1.91 bits per heavy atom. The minimum Gasteiger partial charge on any atom is -0.480 e. The van der Waals surface area contributed by atoms with E-state index < -0.39 is 53.8 Å². The van der Waals surface area contributed by atoms with Crippen LogP contribution < -0.4 is 27.4 Å². The second-order valence-electron chi connectivity index (χ2n) is 7.19. The van der Waals surface area contributed by atoms with Gasteiger partial charge >= 0.3 is 5.97 Å². The number of hydrogen-bond donors (Lipinski definition) is 8. The van der Waals surface area contributed by atoms with E-state index in [1.165, 1.54) is 0 Å². The van der Waals surface area contributed by atoms with Gasteiger partial charge in [0.15, 0.2) is 0 Å². The molecule has 0 aliphatic heterocycles. The first-order valence-corrected chi connectivity index (χ1v) is 11.3. The first-order chi connectivity index (χ1) is 15.6. The van der Waals surface area contributed by atoms with Crippen LogP contribution in [0.15, 0.2) is 30.3 Å². The van der Waals surface area contributed by atoms with Crippen molar-refractivity contribution in [3.8, 4) is 0 Å². The maximum Gasteiger partial charge on any atom is 0.327 e. The number of benzene rings is 1. The second-order valence-corrected chi connectivity index (χ2v) is 7.92. The molecule has 0 aromatic heterocycles. The van der Waals surface area contributed by atoms with Gasteiger partial charge in [-0.15, -0.1) is 0 Å². The number of amides is 4. The molecule has 11 nitrogen and oxygen atoms in total. The van der Waals surface area contributed by atoms with Crippen molar-refractivity contribution in [3.05, 3.63) is 35.9 Å². The molecule has 33 heavy (non-hydrogen) atoms. The molecule has 4 amide bonds. The third-order valence-corrected chi connectivity index (χ3v) is 5.32. The van der Waals surface area contributed by atoms with Crippen LogP contribution in [-0.4, -0.2) is 70.4 Å². The first-order valence-electron chi connectivity index (χ1n) is 10.0. The molecule has 1 aromatic rings. The zero-order chi connectivity index (χ0) is 25.0. The number of carbonyl (C=O) groups is 5. The number of hydrogen-bond acceptors (Lipinski definition) is 8. The maximum atomic E-state index is 13.0. The van der Waals surface area contributed by atoms with Gasteiger partial charge in [0, 0.05) is 24.3 Å². The summed E-state index contributed by atoms with van der Waals surface area (Å²) in [6, 6.07) is 4.19. The number of carboxylic acids is 1. The summed E-state index contributed by atoms with van der Waals surface area (Å²) in [4.78, 5) is 60.4. The maximum absolute atomic E-state index is 13.0. The van der Waals surface area contributed by atoms with Crippen molar-refractivity contribution in [3.63, 3.8) is 0 Å². The monoisotopic (exact) mass is 499 g/mol. The first kappa shape index (κ1) is 28.3. The molecule has 0 spiro atoms. The van der Waals surface area contributed by atoms with Crippen molar-refractivity contribution in [1.82, 2.24) is 16.0 Å². The molecular formula is C20H29N5O6S2. The van der Waals surface area contributed by atoms with Crippen molar-refractivity contribution < 1.29 is 29.1 Å². The molecule has 13 heteroatoms. The molecule has 0 radical (unpaired) electrons. The number of primary amides is 1. The summed E-state index contributed by atoms with van der Waals surface area (Å²) in [5, 5.41) is 16.4. The van der Waals surface area contributed by atoms with E-state index in [2.05, 4.69) is 41.2 Å². The van der Waals surface area contributed by atoms with E-state index in [1.54, 1.807) is 30.3 Å². The topological polar surface area (TPSA) is 194 Å². The highest BCUT2D eigenvalue weighted by Crippen LogP contribution is 2.06. The minimum absolute atomic E-state index is 0.0510. The van der Waals surface area contributed by atoms with Crippen LogP contribution >= 0.6 is 25.3 Å². The number of nitrogens with one attached hydrogen (secondary N) is 3. The molecule has 0 saturated carbocycles. The molecule has 0 aliphatic carbocycles. The molecule has 1 rings (SSSR count). The highest BCUT2D eigenvalue weighted by Gasteiger charge is 2.30. The quantitative estimate of drug-likeness (QED) is 0.139. The zero-order valence-corrected chi connectivity index (χ0v) is 19.6. The molecule has 0 fully saturated rings. The number of carboxylic acid groups (broad SMARTS) is 1. The fourth-order valence-electron chi connectivity index (χ4n) is 2.71. The molecule has 1 aromatic carbocycles. The summed E-state index contributed by atoms with van der Waals surface area (Å²) in [7, 11) is 0. The Morgan fingerprint density at radius 1 is 0.848 bits per heavy atom. The lowest BCUT2D eigenvalue weighted by Gasteiger charge is -2.25. The van der Waals surface area contributed by atoms with Crippen molar-refractivity contribution in [2.45, 2.75) is 43.4 Å². The van der Waals surface area contributed by atoms with Crippen LogP contribution in [0, 0.1) is 0 Å². The summed E-state index contributed by atoms with van der Waals surface area (Å²) in [5.74, 6) is -4.32. The van der Waals surface area contributed by atoms with Gasteiger partial charge in [-0.2, -0.15) is 25.3 Å². The third kappa shape index (κ3) is 10.1. The van der Waals surface area contributed by atoms with Gasteiger partial charge in [0.1, 0.15) is 18.1 Å². The predicted octanol–water partition coefficient (Wildman–Crippen LogP) is -1.78. The van der Waals surface area contributed by atoms with E-state index in [1.807, 2.05) is 0 Å². The van der Waals surface area contributed by atoms with Crippen molar-refractivity contribution >= 4 is 54.9 Å². The molecule has 8 N–H and O–H groups in total. The number of nitrogens with two attached hydrogens (primary N) is 2. The van der Waals surface area contributed by atoms with Gasteiger partial charge in [0.05, 0.1) is 6.04 Å². The van der Waals surface area contributed by atoms with Gasteiger partial charge in [0.2, 0.25) is 23.6 Å². The lowest BCUT2D eigenvalue weighted by Crippen LogP contribution is -2.58. The van der Waals surface area contributed by atoms with Crippen molar-refractivity contribution in [2.24, 2.45) is 11.5 Å². The normalized spacial score (nSPS) is 14.3. The number of rotatable bonds is 14. The average molecular weight is 500 g/mol. The van der Waals surface area contributed by atoms with Crippen LogP contribution in [0.2, 0.25) is 0 Å². The molecule has 0 aliphatic rings. The molecule has 182 valence electrons. The zero-order valence-electron chi connectivity index (χ0n) is 17.8. The summed E-state index contributed by atoms with van der Waals surface area (Å²) in [5.41, 5.74) is 11.6. The summed E-state index contributed by atoms with van der Waals surface area (Å²) < 4.78 is 0. The van der Waals surface area contributed by atoms with Crippen LogP contribution in [0.25, 0.3) is 0 Å². The van der Waals surface area contributed by atoms with E-state index in [0.717, 1.165) is 5.56 Å². The molecular weight excluding hydrogens is 470 g/mol. The average Bonchev–Trinajstić information content (AvgIpc) is 2.78. The Labute approximate surface area is 202 Å². The fraction of sp³-hybridized carbons (Fsp3) is 0.450. The lowest BCUT2D eigenvalue weighted by molar-refractivity contribution is -0.141. The number of aliphatic carboxylic acids is 1. The van der Waals surface area contributed by atoms with Crippen LogP contribution in [0.5, 0.6) is 0 Å². The number of carbonyl (C=O) groups excluding carboxylic acids is 4. The highest BCUT2D eigenvalue weighted by atomic mass is 32.1. The summed E-state index contributed by atoms with van der Waals surface area (Å²) in [6.45, 7) is 0. The van der Waals surface area contributed by atoms with Gasteiger partial charge < -0.3 is 32.5 Å². The highest BCUT2D eigenvalue weighted by molar-refractivity contribution is 7.80. The van der Waals surface area contributed by atoms with E-state index >= 15 is 0 Å². The summed E-state index contributed by atoms with van der Waals surface area (Å²) in [6.07, 6.45) is -0.318. The SMILES string of the molecule is NC(=O)CCC(NC(=O)C(Cc1ccccc1)NC(=O)C(N)CS)C(=O)NC(CS)C(=O)O. The van der Waals surface area contributed by atoms with Gasteiger partial charge in [-0.05, 0) is 12.0 Å². The Kier molecular flexibility index (Phi) is 12.3. The molecule has 4 unspecified atom stereocenters. The molecule has 0 bridgehead atoms. The third-order valence-electron chi connectivity index (χ3n) is 4.56. The van der Waals surface area contributed by atoms with Crippen molar-refractivity contribution in [2.75, 3.05) is 11.5 Å². The summed E-state index contributed by atoms with van der Waals surface area (Å²) >= 11 is 7.86. The van der Waals surface area contributed by atoms with E-state index in [-0.39, 0.29) is 30.8 Å². The molecule has 4 atom stereocenters. The Balaban J connectivity index is 3.07. The largest absolute Gasteiger partial charge is 0.480 e.